The van der Waals surface area contributed by atoms with E-state index >= 15 is 0 Å². The molecule has 0 aliphatic heterocycles. The van der Waals surface area contributed by atoms with Gasteiger partial charge in [0, 0.05) is 16.2 Å². The number of rotatable bonds is 6. The molecule has 0 aliphatic carbocycles. The smallest absolute Gasteiger partial charge is 0.239 e. The van der Waals surface area contributed by atoms with Gasteiger partial charge in [0.25, 0.3) is 0 Å². The van der Waals surface area contributed by atoms with Crippen molar-refractivity contribution in [2.75, 3.05) is 11.9 Å². The van der Waals surface area contributed by atoms with Gasteiger partial charge in [0.1, 0.15) is 0 Å². The van der Waals surface area contributed by atoms with Crippen molar-refractivity contribution < 1.29 is 4.79 Å². The van der Waals surface area contributed by atoms with Gasteiger partial charge in [-0.15, -0.1) is 0 Å². The van der Waals surface area contributed by atoms with E-state index in [2.05, 4.69) is 40.4 Å². The van der Waals surface area contributed by atoms with Crippen LogP contribution in [0.15, 0.2) is 28.7 Å². The summed E-state index contributed by atoms with van der Waals surface area (Å²) in [4.78, 5) is 11.7. The van der Waals surface area contributed by atoms with E-state index < -0.39 is 0 Å². The number of anilines is 1. The fraction of sp³-hybridized carbons (Fsp3) is 0.462. The molecule has 1 aromatic carbocycles. The Bertz CT molecular complexity index is 364. The van der Waals surface area contributed by atoms with Crippen molar-refractivity contribution in [2.45, 2.75) is 32.7 Å². The third-order valence-electron chi connectivity index (χ3n) is 2.66. The minimum Gasteiger partial charge on any atom is -0.375 e. The summed E-state index contributed by atoms with van der Waals surface area (Å²) in [6, 6.07) is 8.05. The van der Waals surface area contributed by atoms with Gasteiger partial charge in [-0.25, -0.2) is 0 Å². The first-order valence-corrected chi connectivity index (χ1v) is 6.74. The molecule has 1 rings (SSSR count). The van der Waals surface area contributed by atoms with Crippen molar-refractivity contribution in [1.82, 2.24) is 5.32 Å². The van der Waals surface area contributed by atoms with Crippen molar-refractivity contribution in [3.05, 3.63) is 28.7 Å². The molecule has 1 amide bonds. The predicted octanol–water partition coefficient (Wildman–Crippen LogP) is 3.17. The van der Waals surface area contributed by atoms with Crippen molar-refractivity contribution in [3.8, 4) is 0 Å². The molecule has 0 saturated heterocycles. The number of para-hydroxylation sites is 1. The van der Waals surface area contributed by atoms with E-state index in [0.717, 1.165) is 23.0 Å². The lowest BCUT2D eigenvalue weighted by molar-refractivity contribution is -0.120. The Balaban J connectivity index is 2.41. The number of halogens is 1. The van der Waals surface area contributed by atoms with Crippen LogP contribution < -0.4 is 10.6 Å². The molecule has 0 aliphatic rings. The predicted molar refractivity (Wildman–Crippen MR) is 75.1 cm³/mol. The zero-order valence-corrected chi connectivity index (χ0v) is 11.9. The van der Waals surface area contributed by atoms with E-state index in [1.165, 1.54) is 0 Å². The molecule has 0 unspecified atom stereocenters. The molecule has 4 heteroatoms. The third-order valence-corrected chi connectivity index (χ3v) is 3.36. The Morgan fingerprint density at radius 1 is 1.29 bits per heavy atom. The highest BCUT2D eigenvalue weighted by Gasteiger charge is 2.08. The molecule has 0 heterocycles. The lowest BCUT2D eigenvalue weighted by atomic mass is 10.2. The van der Waals surface area contributed by atoms with Crippen LogP contribution in [-0.2, 0) is 4.79 Å². The lowest BCUT2D eigenvalue weighted by Gasteiger charge is -2.15. The average molecular weight is 299 g/mol. The summed E-state index contributed by atoms with van der Waals surface area (Å²) in [5.74, 6) is 0.0365. The summed E-state index contributed by atoms with van der Waals surface area (Å²) in [5.41, 5.74) is 0.937. The van der Waals surface area contributed by atoms with E-state index in [0.29, 0.717) is 6.54 Å². The summed E-state index contributed by atoms with van der Waals surface area (Å²) in [5, 5.41) is 6.10. The summed E-state index contributed by atoms with van der Waals surface area (Å²) in [6.45, 7) is 4.46. The normalized spacial score (nSPS) is 10.4. The molecule has 0 saturated carbocycles. The minimum absolute atomic E-state index is 0.0365. The molecular formula is C13H19BrN2O. The van der Waals surface area contributed by atoms with Gasteiger partial charge in [0.05, 0.1) is 6.54 Å². The van der Waals surface area contributed by atoms with Gasteiger partial charge in [-0.2, -0.15) is 0 Å². The summed E-state index contributed by atoms with van der Waals surface area (Å²) >= 11 is 3.43. The molecule has 3 nitrogen and oxygen atoms in total. The number of carbonyl (C=O) groups excluding carboxylic acids is 1. The first kappa shape index (κ1) is 14.0. The second-order valence-corrected chi connectivity index (χ2v) is 4.77. The topological polar surface area (TPSA) is 41.1 Å². The molecule has 17 heavy (non-hydrogen) atoms. The zero-order valence-electron chi connectivity index (χ0n) is 10.3. The molecule has 0 fully saturated rings. The number of benzene rings is 1. The fourth-order valence-electron chi connectivity index (χ4n) is 1.55. The van der Waals surface area contributed by atoms with Gasteiger partial charge in [0.15, 0.2) is 0 Å². The quantitative estimate of drug-likeness (QED) is 0.847. The molecular weight excluding hydrogens is 280 g/mol. The van der Waals surface area contributed by atoms with Crippen LogP contribution in [0, 0.1) is 0 Å². The Hall–Kier alpha value is -1.03. The standard InChI is InChI=1S/C13H19BrN2O/c1-3-10(4-2)16-13(17)9-15-12-8-6-5-7-11(12)14/h5-8,10,15H,3-4,9H2,1-2H3,(H,16,17). The summed E-state index contributed by atoms with van der Waals surface area (Å²) < 4.78 is 0.968. The first-order valence-electron chi connectivity index (χ1n) is 5.95. The Kier molecular flexibility index (Phi) is 6.05. The minimum atomic E-state index is 0.0365. The van der Waals surface area contributed by atoms with Crippen LogP contribution in [0.25, 0.3) is 0 Å². The molecule has 0 atom stereocenters. The van der Waals surface area contributed by atoms with Gasteiger partial charge in [-0.3, -0.25) is 4.79 Å². The van der Waals surface area contributed by atoms with Crippen LogP contribution in [0.5, 0.6) is 0 Å². The van der Waals surface area contributed by atoms with Crippen LogP contribution in [0.2, 0.25) is 0 Å². The third kappa shape index (κ3) is 4.77. The number of carbonyl (C=O) groups is 1. The van der Waals surface area contributed by atoms with E-state index in [1.807, 2.05) is 24.3 Å². The van der Waals surface area contributed by atoms with Crippen LogP contribution in [0.3, 0.4) is 0 Å². The largest absolute Gasteiger partial charge is 0.375 e. The highest BCUT2D eigenvalue weighted by molar-refractivity contribution is 9.10. The molecule has 0 bridgehead atoms. The van der Waals surface area contributed by atoms with E-state index in [9.17, 15) is 4.79 Å². The van der Waals surface area contributed by atoms with E-state index in [4.69, 9.17) is 0 Å². The molecule has 94 valence electrons. The van der Waals surface area contributed by atoms with Gasteiger partial charge < -0.3 is 10.6 Å². The fourth-order valence-corrected chi connectivity index (χ4v) is 1.98. The molecule has 2 N–H and O–H groups in total. The van der Waals surface area contributed by atoms with Crippen LogP contribution in [-0.4, -0.2) is 18.5 Å². The number of hydrogen-bond acceptors (Lipinski definition) is 2. The van der Waals surface area contributed by atoms with Crippen molar-refractivity contribution in [1.29, 1.82) is 0 Å². The van der Waals surface area contributed by atoms with E-state index in [-0.39, 0.29) is 11.9 Å². The number of amides is 1. The number of hydrogen-bond donors (Lipinski definition) is 2. The molecule has 0 aromatic heterocycles. The lowest BCUT2D eigenvalue weighted by Crippen LogP contribution is -2.37. The van der Waals surface area contributed by atoms with Crippen LogP contribution >= 0.6 is 15.9 Å². The highest BCUT2D eigenvalue weighted by Crippen LogP contribution is 2.20. The van der Waals surface area contributed by atoms with Gasteiger partial charge in [-0.1, -0.05) is 26.0 Å². The van der Waals surface area contributed by atoms with Gasteiger partial charge >= 0.3 is 0 Å². The van der Waals surface area contributed by atoms with Crippen LogP contribution in [0.4, 0.5) is 5.69 Å². The summed E-state index contributed by atoms with van der Waals surface area (Å²) in [7, 11) is 0. The Morgan fingerprint density at radius 2 is 1.94 bits per heavy atom. The maximum atomic E-state index is 11.7. The number of nitrogens with one attached hydrogen (secondary N) is 2. The van der Waals surface area contributed by atoms with Crippen molar-refractivity contribution in [3.63, 3.8) is 0 Å². The average Bonchev–Trinajstić information content (AvgIpc) is 2.35. The van der Waals surface area contributed by atoms with Gasteiger partial charge in [0.2, 0.25) is 5.91 Å². The molecule has 0 radical (unpaired) electrons. The molecule has 1 aromatic rings. The second kappa shape index (κ2) is 7.33. The van der Waals surface area contributed by atoms with Crippen molar-refractivity contribution >= 4 is 27.5 Å². The second-order valence-electron chi connectivity index (χ2n) is 3.91. The summed E-state index contributed by atoms with van der Waals surface area (Å²) in [6.07, 6.45) is 1.94. The maximum Gasteiger partial charge on any atom is 0.239 e. The highest BCUT2D eigenvalue weighted by atomic mass is 79.9. The van der Waals surface area contributed by atoms with Crippen LogP contribution in [0.1, 0.15) is 26.7 Å². The zero-order chi connectivity index (χ0) is 12.7. The van der Waals surface area contributed by atoms with E-state index in [1.54, 1.807) is 0 Å². The van der Waals surface area contributed by atoms with Crippen molar-refractivity contribution in [2.24, 2.45) is 0 Å². The Labute approximate surface area is 111 Å². The van der Waals surface area contributed by atoms with Gasteiger partial charge in [-0.05, 0) is 40.9 Å². The molecule has 0 spiro atoms. The first-order chi connectivity index (χ1) is 8.17. The maximum absolute atomic E-state index is 11.7. The monoisotopic (exact) mass is 298 g/mol. The Morgan fingerprint density at radius 3 is 2.53 bits per heavy atom. The SMILES string of the molecule is CCC(CC)NC(=O)CNc1ccccc1Br.